The van der Waals surface area contributed by atoms with Crippen molar-refractivity contribution in [2.24, 2.45) is 5.92 Å². The van der Waals surface area contributed by atoms with Crippen LogP contribution < -0.4 is 5.32 Å². The van der Waals surface area contributed by atoms with Gasteiger partial charge in [-0.15, -0.1) is 0 Å². The zero-order chi connectivity index (χ0) is 20.9. The third-order valence-corrected chi connectivity index (χ3v) is 5.94. The van der Waals surface area contributed by atoms with Crippen molar-refractivity contribution in [1.29, 1.82) is 0 Å². The van der Waals surface area contributed by atoms with Crippen LogP contribution >= 0.6 is 0 Å². The van der Waals surface area contributed by atoms with Crippen LogP contribution in [0, 0.1) is 5.92 Å². The molecule has 0 saturated carbocycles. The summed E-state index contributed by atoms with van der Waals surface area (Å²) >= 11 is 0. The standard InChI is InChI=1S/C23H32N2O4/c1-3-4-5-8-13-24-20(26)18-11-9-14-25(16-18)22(28)23(2)15-17-10-6-7-12-19(17)21(27)29-23/h6-7,10,12,18H,3-5,8-9,11,13-16H2,1-2H3,(H,24,26). The molecule has 6 heteroatoms. The molecule has 0 radical (unpaired) electrons. The molecule has 2 amide bonds. The van der Waals surface area contributed by atoms with Crippen LogP contribution in [0.25, 0.3) is 0 Å². The molecule has 3 rings (SSSR count). The van der Waals surface area contributed by atoms with Gasteiger partial charge in [-0.2, -0.15) is 0 Å². The number of carbonyl (C=O) groups excluding carboxylic acids is 3. The first-order chi connectivity index (χ1) is 13.9. The Hall–Kier alpha value is -2.37. The van der Waals surface area contributed by atoms with E-state index in [0.717, 1.165) is 31.2 Å². The number of ether oxygens (including phenoxy) is 1. The minimum absolute atomic E-state index is 0.0233. The minimum atomic E-state index is -1.22. The molecule has 2 aliphatic rings. The number of nitrogens with zero attached hydrogens (tertiary/aromatic N) is 1. The molecule has 1 aromatic rings. The highest BCUT2D eigenvalue weighted by molar-refractivity contribution is 5.97. The Balaban J connectivity index is 1.59. The highest BCUT2D eigenvalue weighted by atomic mass is 16.6. The van der Waals surface area contributed by atoms with Gasteiger partial charge in [-0.3, -0.25) is 9.59 Å². The Morgan fingerprint density at radius 3 is 2.83 bits per heavy atom. The van der Waals surface area contributed by atoms with Gasteiger partial charge in [0.05, 0.1) is 11.5 Å². The Morgan fingerprint density at radius 2 is 2.03 bits per heavy atom. The smallest absolute Gasteiger partial charge is 0.339 e. The number of hydrogen-bond acceptors (Lipinski definition) is 4. The zero-order valence-electron chi connectivity index (χ0n) is 17.5. The van der Waals surface area contributed by atoms with E-state index >= 15 is 0 Å². The first kappa shape index (κ1) is 21.3. The molecule has 0 aliphatic carbocycles. The summed E-state index contributed by atoms with van der Waals surface area (Å²) in [5.41, 5.74) is 0.138. The minimum Gasteiger partial charge on any atom is -0.445 e. The van der Waals surface area contributed by atoms with E-state index in [1.807, 2.05) is 12.1 Å². The number of amides is 2. The van der Waals surface area contributed by atoms with Crippen molar-refractivity contribution in [1.82, 2.24) is 10.2 Å². The lowest BCUT2D eigenvalue weighted by atomic mass is 9.87. The normalized spacial score (nSPS) is 23.9. The topological polar surface area (TPSA) is 75.7 Å². The molecule has 0 bridgehead atoms. The summed E-state index contributed by atoms with van der Waals surface area (Å²) in [5.74, 6) is -0.842. The van der Waals surface area contributed by atoms with Gasteiger partial charge in [0.1, 0.15) is 0 Å². The SMILES string of the molecule is CCCCCCNC(=O)C1CCCN(C(=O)C2(C)Cc3ccccc3C(=O)O2)C1. The first-order valence-electron chi connectivity index (χ1n) is 10.8. The van der Waals surface area contributed by atoms with Crippen molar-refractivity contribution in [3.05, 3.63) is 35.4 Å². The molecule has 2 heterocycles. The van der Waals surface area contributed by atoms with E-state index in [0.29, 0.717) is 31.6 Å². The lowest BCUT2D eigenvalue weighted by molar-refractivity contribution is -0.153. The van der Waals surface area contributed by atoms with Gasteiger partial charge in [0.2, 0.25) is 5.91 Å². The fourth-order valence-corrected chi connectivity index (χ4v) is 4.27. The molecule has 2 aliphatic heterocycles. The van der Waals surface area contributed by atoms with Crippen LogP contribution in [-0.4, -0.2) is 47.9 Å². The second-order valence-corrected chi connectivity index (χ2v) is 8.40. The summed E-state index contributed by atoms with van der Waals surface area (Å²) < 4.78 is 5.58. The van der Waals surface area contributed by atoms with Crippen LogP contribution in [0.5, 0.6) is 0 Å². The number of hydrogen-bond donors (Lipinski definition) is 1. The number of rotatable bonds is 7. The van der Waals surface area contributed by atoms with Crippen LogP contribution in [0.4, 0.5) is 0 Å². The second-order valence-electron chi connectivity index (χ2n) is 8.40. The number of carbonyl (C=O) groups is 3. The van der Waals surface area contributed by atoms with Crippen molar-refractivity contribution in [2.45, 2.75) is 64.4 Å². The maximum absolute atomic E-state index is 13.2. The van der Waals surface area contributed by atoms with Gasteiger partial charge in [0, 0.05) is 26.1 Å². The van der Waals surface area contributed by atoms with Gasteiger partial charge in [0.15, 0.2) is 5.60 Å². The van der Waals surface area contributed by atoms with Crippen molar-refractivity contribution < 1.29 is 19.1 Å². The van der Waals surface area contributed by atoms with Gasteiger partial charge >= 0.3 is 5.97 Å². The molecule has 1 fully saturated rings. The van der Waals surface area contributed by atoms with E-state index in [9.17, 15) is 14.4 Å². The maximum atomic E-state index is 13.2. The molecule has 0 spiro atoms. The summed E-state index contributed by atoms with van der Waals surface area (Å²) in [6.07, 6.45) is 6.38. The second kappa shape index (κ2) is 9.42. The Kier molecular flexibility index (Phi) is 6.93. The number of likely N-dealkylation sites (tertiary alicyclic amines) is 1. The average Bonchev–Trinajstić information content (AvgIpc) is 2.73. The molecule has 0 aromatic heterocycles. The van der Waals surface area contributed by atoms with Gasteiger partial charge < -0.3 is 15.0 Å². The number of piperidine rings is 1. The lowest BCUT2D eigenvalue weighted by Crippen LogP contribution is -2.56. The lowest BCUT2D eigenvalue weighted by Gasteiger charge is -2.40. The van der Waals surface area contributed by atoms with Crippen LogP contribution in [0.15, 0.2) is 24.3 Å². The summed E-state index contributed by atoms with van der Waals surface area (Å²) in [5, 5.41) is 3.02. The fourth-order valence-electron chi connectivity index (χ4n) is 4.27. The number of fused-ring (bicyclic) bond motifs is 1. The number of unbranched alkanes of at least 4 members (excludes halogenated alkanes) is 3. The summed E-state index contributed by atoms with van der Waals surface area (Å²) in [7, 11) is 0. The molecule has 2 unspecified atom stereocenters. The third kappa shape index (κ3) is 4.98. The van der Waals surface area contributed by atoms with E-state index in [2.05, 4.69) is 12.2 Å². The summed E-state index contributed by atoms with van der Waals surface area (Å²) in [6, 6.07) is 7.25. The molecule has 158 valence electrons. The molecule has 29 heavy (non-hydrogen) atoms. The van der Waals surface area contributed by atoms with Gasteiger partial charge in [-0.1, -0.05) is 44.4 Å². The van der Waals surface area contributed by atoms with Gasteiger partial charge in [-0.05, 0) is 37.8 Å². The quantitative estimate of drug-likeness (QED) is 0.564. The van der Waals surface area contributed by atoms with Crippen molar-refractivity contribution in [3.8, 4) is 0 Å². The largest absolute Gasteiger partial charge is 0.445 e. The van der Waals surface area contributed by atoms with Crippen molar-refractivity contribution >= 4 is 17.8 Å². The first-order valence-corrected chi connectivity index (χ1v) is 10.8. The number of nitrogens with one attached hydrogen (secondary N) is 1. The van der Waals surface area contributed by atoms with Crippen molar-refractivity contribution in [2.75, 3.05) is 19.6 Å². The van der Waals surface area contributed by atoms with E-state index in [1.54, 1.807) is 24.0 Å². The zero-order valence-corrected chi connectivity index (χ0v) is 17.5. The molecule has 1 aromatic carbocycles. The Bertz CT molecular complexity index is 763. The van der Waals surface area contributed by atoms with Gasteiger partial charge in [0.25, 0.3) is 5.91 Å². The van der Waals surface area contributed by atoms with Crippen LogP contribution in [0.3, 0.4) is 0 Å². The highest BCUT2D eigenvalue weighted by Crippen LogP contribution is 2.31. The Morgan fingerprint density at radius 1 is 1.24 bits per heavy atom. The van der Waals surface area contributed by atoms with Crippen LogP contribution in [-0.2, 0) is 20.7 Å². The molecule has 1 N–H and O–H groups in total. The highest BCUT2D eigenvalue weighted by Gasteiger charge is 2.45. The van der Waals surface area contributed by atoms with E-state index in [4.69, 9.17) is 4.74 Å². The monoisotopic (exact) mass is 400 g/mol. The van der Waals surface area contributed by atoms with Crippen LogP contribution in [0.2, 0.25) is 0 Å². The molecular formula is C23H32N2O4. The number of benzene rings is 1. The van der Waals surface area contributed by atoms with Gasteiger partial charge in [-0.25, -0.2) is 4.79 Å². The fraction of sp³-hybridized carbons (Fsp3) is 0.609. The molecular weight excluding hydrogens is 368 g/mol. The number of cyclic esters (lactones) is 1. The molecule has 2 atom stereocenters. The summed E-state index contributed by atoms with van der Waals surface area (Å²) in [4.78, 5) is 39.9. The molecule has 6 nitrogen and oxygen atoms in total. The number of esters is 1. The van der Waals surface area contributed by atoms with E-state index < -0.39 is 11.6 Å². The van der Waals surface area contributed by atoms with E-state index in [-0.39, 0.29) is 17.7 Å². The molecule has 1 saturated heterocycles. The average molecular weight is 401 g/mol. The van der Waals surface area contributed by atoms with E-state index in [1.165, 1.54) is 12.8 Å². The predicted molar refractivity (Wildman–Crippen MR) is 110 cm³/mol. The van der Waals surface area contributed by atoms with Crippen molar-refractivity contribution in [3.63, 3.8) is 0 Å². The third-order valence-electron chi connectivity index (χ3n) is 5.94. The maximum Gasteiger partial charge on any atom is 0.339 e. The Labute approximate surface area is 173 Å². The summed E-state index contributed by atoms with van der Waals surface area (Å²) in [6.45, 7) is 5.51. The predicted octanol–water partition coefficient (Wildman–Crippen LogP) is 3.09. The van der Waals surface area contributed by atoms with Crippen LogP contribution in [0.1, 0.15) is 68.3 Å².